The minimum atomic E-state index is -4.63. The second-order valence-electron chi connectivity index (χ2n) is 16.4. The van der Waals surface area contributed by atoms with E-state index in [1.165, 1.54) is 96.3 Å². The number of hydrogen-bond acceptors (Lipinski definition) is 8. The van der Waals surface area contributed by atoms with Gasteiger partial charge in [-0.15, -0.1) is 0 Å². The topological polar surface area (TPSA) is 111 Å². The highest BCUT2D eigenvalue weighted by atomic mass is 31.2. The van der Waals surface area contributed by atoms with E-state index in [-0.39, 0.29) is 26.1 Å². The van der Waals surface area contributed by atoms with Gasteiger partial charge in [0.1, 0.15) is 19.8 Å². The Labute approximate surface area is 344 Å². The van der Waals surface area contributed by atoms with Crippen molar-refractivity contribution in [3.63, 3.8) is 0 Å². The van der Waals surface area contributed by atoms with Gasteiger partial charge in [-0.2, -0.15) is 0 Å². The standard InChI is InChI=1S/C46H86NO8P/c1-6-8-10-12-14-16-18-20-22-23-25-27-29-31-33-35-37-39-46(49)55-44(43-54-56(50,51)53-41-40-47(3,4)5)42-52-45(48)38-36-34-32-30-28-26-24-21-19-17-15-13-11-9-7-2/h15-18,21,24,44H,6-14,19-20,22-23,25-43H2,1-5H3/b17-15+,18-16+,24-21+/t44-/m1/s1. The van der Waals surface area contributed by atoms with Crippen LogP contribution >= 0.6 is 7.82 Å². The Bertz CT molecular complexity index is 1050. The lowest BCUT2D eigenvalue weighted by molar-refractivity contribution is -0.870. The summed E-state index contributed by atoms with van der Waals surface area (Å²) in [6.45, 7) is 4.18. The normalized spacial score (nSPS) is 13.9. The van der Waals surface area contributed by atoms with Crippen molar-refractivity contribution in [3.8, 4) is 0 Å². The summed E-state index contributed by atoms with van der Waals surface area (Å²) in [5.41, 5.74) is 0. The number of carbonyl (C=O) groups is 2. The molecular formula is C46H86NO8P. The van der Waals surface area contributed by atoms with Gasteiger partial charge in [-0.25, -0.2) is 0 Å². The molecule has 2 atom stereocenters. The van der Waals surface area contributed by atoms with Gasteiger partial charge in [0.05, 0.1) is 27.7 Å². The minimum absolute atomic E-state index is 0.0336. The Morgan fingerprint density at radius 3 is 1.46 bits per heavy atom. The van der Waals surface area contributed by atoms with Crippen LogP contribution in [0.5, 0.6) is 0 Å². The van der Waals surface area contributed by atoms with Crippen molar-refractivity contribution in [2.75, 3.05) is 47.5 Å². The number of phosphoric ester groups is 1. The number of phosphoric acid groups is 1. The molecule has 1 unspecified atom stereocenters. The molecule has 0 spiro atoms. The Hall–Kier alpha value is -1.77. The second kappa shape index (κ2) is 38.7. The highest BCUT2D eigenvalue weighted by molar-refractivity contribution is 7.45. The first kappa shape index (κ1) is 54.2. The van der Waals surface area contributed by atoms with E-state index in [2.05, 4.69) is 50.3 Å². The number of hydrogen-bond donors (Lipinski definition) is 0. The summed E-state index contributed by atoms with van der Waals surface area (Å²) in [6, 6.07) is 0. The Morgan fingerprint density at radius 1 is 0.554 bits per heavy atom. The molecule has 0 amide bonds. The SMILES string of the molecule is CCCCC/C=C/C/C=C/CCCCCCCC(=O)OC[C@H](COP(=O)([O-])OCC[N+](C)(C)C)OC(=O)CCCCCCCCCCC/C=C/CCCCCC. The number of likely N-dealkylation sites (N-methyl/N-ethyl adjacent to an activating group) is 1. The molecule has 0 fully saturated rings. The minimum Gasteiger partial charge on any atom is -0.756 e. The third-order valence-corrected chi connectivity index (χ3v) is 10.6. The number of nitrogens with zero attached hydrogens (tertiary/aromatic N) is 1. The number of rotatable bonds is 41. The molecule has 0 saturated heterocycles. The van der Waals surface area contributed by atoms with E-state index in [9.17, 15) is 19.0 Å². The van der Waals surface area contributed by atoms with Crippen LogP contribution in [0.15, 0.2) is 36.5 Å². The largest absolute Gasteiger partial charge is 0.756 e. The number of unbranched alkanes of at least 4 members (excludes halogenated alkanes) is 21. The molecule has 0 rings (SSSR count). The molecule has 0 radical (unpaired) electrons. The maximum absolute atomic E-state index is 12.7. The molecule has 9 nitrogen and oxygen atoms in total. The van der Waals surface area contributed by atoms with Gasteiger partial charge in [0.25, 0.3) is 7.82 Å². The Morgan fingerprint density at radius 2 is 0.964 bits per heavy atom. The number of quaternary nitrogens is 1. The van der Waals surface area contributed by atoms with Crippen molar-refractivity contribution in [1.82, 2.24) is 0 Å². The van der Waals surface area contributed by atoms with Crippen molar-refractivity contribution in [1.29, 1.82) is 0 Å². The first-order valence-electron chi connectivity index (χ1n) is 22.7. The van der Waals surface area contributed by atoms with Crippen LogP contribution in [0, 0.1) is 0 Å². The molecular weight excluding hydrogens is 725 g/mol. The number of ether oxygens (including phenoxy) is 2. The second-order valence-corrected chi connectivity index (χ2v) is 17.8. The van der Waals surface area contributed by atoms with Crippen molar-refractivity contribution >= 4 is 19.8 Å². The summed E-state index contributed by atoms with van der Waals surface area (Å²) < 4.78 is 33.9. The van der Waals surface area contributed by atoms with E-state index < -0.39 is 32.5 Å². The van der Waals surface area contributed by atoms with E-state index in [0.717, 1.165) is 57.8 Å². The zero-order chi connectivity index (χ0) is 41.4. The van der Waals surface area contributed by atoms with Gasteiger partial charge in [0.2, 0.25) is 0 Å². The van der Waals surface area contributed by atoms with Crippen molar-refractivity contribution < 1.29 is 42.1 Å². The summed E-state index contributed by atoms with van der Waals surface area (Å²) in [5, 5.41) is 0. The molecule has 10 heteroatoms. The highest BCUT2D eigenvalue weighted by Gasteiger charge is 2.21. The number of esters is 2. The lowest BCUT2D eigenvalue weighted by Crippen LogP contribution is -2.37. The van der Waals surface area contributed by atoms with Crippen LogP contribution < -0.4 is 4.89 Å². The molecule has 0 aliphatic heterocycles. The van der Waals surface area contributed by atoms with Gasteiger partial charge in [-0.05, 0) is 70.6 Å². The zero-order valence-corrected chi connectivity index (χ0v) is 37.7. The average molecular weight is 812 g/mol. The fourth-order valence-corrected chi connectivity index (χ4v) is 6.76. The first-order chi connectivity index (χ1) is 27.0. The smallest absolute Gasteiger partial charge is 0.306 e. The third-order valence-electron chi connectivity index (χ3n) is 9.63. The van der Waals surface area contributed by atoms with Crippen LogP contribution in [0.1, 0.15) is 194 Å². The van der Waals surface area contributed by atoms with Gasteiger partial charge in [-0.3, -0.25) is 14.2 Å². The quantitative estimate of drug-likeness (QED) is 0.0197. The van der Waals surface area contributed by atoms with E-state index in [1.54, 1.807) is 0 Å². The zero-order valence-electron chi connectivity index (χ0n) is 36.8. The molecule has 0 aromatic heterocycles. The molecule has 0 aliphatic rings. The van der Waals surface area contributed by atoms with Crippen molar-refractivity contribution in [2.24, 2.45) is 0 Å². The molecule has 0 N–H and O–H groups in total. The van der Waals surface area contributed by atoms with Gasteiger partial charge in [-0.1, -0.05) is 147 Å². The highest BCUT2D eigenvalue weighted by Crippen LogP contribution is 2.38. The molecule has 0 bridgehead atoms. The summed E-state index contributed by atoms with van der Waals surface area (Å²) in [7, 11) is 1.16. The molecule has 0 aliphatic carbocycles. The summed E-state index contributed by atoms with van der Waals surface area (Å²) in [4.78, 5) is 37.5. The van der Waals surface area contributed by atoms with E-state index >= 15 is 0 Å². The van der Waals surface area contributed by atoms with Crippen molar-refractivity contribution in [2.45, 2.75) is 200 Å². The van der Waals surface area contributed by atoms with E-state index in [0.29, 0.717) is 23.9 Å². The van der Waals surface area contributed by atoms with Gasteiger partial charge < -0.3 is 27.9 Å². The molecule has 0 saturated carbocycles. The first-order valence-corrected chi connectivity index (χ1v) is 24.2. The van der Waals surface area contributed by atoms with Crippen LogP contribution in [-0.2, 0) is 32.7 Å². The lowest BCUT2D eigenvalue weighted by Gasteiger charge is -2.28. The Balaban J connectivity index is 4.36. The van der Waals surface area contributed by atoms with Crippen LogP contribution in [0.4, 0.5) is 0 Å². The van der Waals surface area contributed by atoms with E-state index in [1.807, 2.05) is 21.1 Å². The van der Waals surface area contributed by atoms with Gasteiger partial charge in [0, 0.05) is 12.8 Å². The maximum Gasteiger partial charge on any atom is 0.306 e. The van der Waals surface area contributed by atoms with Gasteiger partial charge in [0.15, 0.2) is 6.10 Å². The molecule has 0 heterocycles. The monoisotopic (exact) mass is 812 g/mol. The predicted molar refractivity (Wildman–Crippen MR) is 231 cm³/mol. The van der Waals surface area contributed by atoms with Crippen LogP contribution in [0.3, 0.4) is 0 Å². The van der Waals surface area contributed by atoms with Crippen molar-refractivity contribution in [3.05, 3.63) is 36.5 Å². The fraction of sp³-hybridized carbons (Fsp3) is 0.826. The fourth-order valence-electron chi connectivity index (χ4n) is 6.03. The van der Waals surface area contributed by atoms with Crippen LogP contribution in [0.2, 0.25) is 0 Å². The van der Waals surface area contributed by atoms with Crippen LogP contribution in [-0.4, -0.2) is 70.0 Å². The predicted octanol–water partition coefficient (Wildman–Crippen LogP) is 12.3. The van der Waals surface area contributed by atoms with Gasteiger partial charge >= 0.3 is 11.9 Å². The lowest BCUT2D eigenvalue weighted by atomic mass is 10.1. The summed E-state index contributed by atoms with van der Waals surface area (Å²) in [5.74, 6) is -0.851. The average Bonchev–Trinajstić information content (AvgIpc) is 3.15. The number of allylic oxidation sites excluding steroid dienone is 6. The van der Waals surface area contributed by atoms with E-state index in [4.69, 9.17) is 18.5 Å². The molecule has 0 aromatic rings. The summed E-state index contributed by atoms with van der Waals surface area (Å²) >= 11 is 0. The third kappa shape index (κ3) is 41.9. The summed E-state index contributed by atoms with van der Waals surface area (Å²) in [6.07, 6.45) is 43.0. The molecule has 56 heavy (non-hydrogen) atoms. The Kier molecular flexibility index (Phi) is 37.5. The number of carbonyl (C=O) groups excluding carboxylic acids is 2. The maximum atomic E-state index is 12.7. The molecule has 328 valence electrons. The molecule has 0 aromatic carbocycles. The van der Waals surface area contributed by atoms with Crippen LogP contribution in [0.25, 0.3) is 0 Å².